The van der Waals surface area contributed by atoms with Crippen molar-refractivity contribution in [1.29, 1.82) is 0 Å². The Labute approximate surface area is 290 Å². The number of amides is 1. The molecule has 0 saturated carbocycles. The molecule has 0 fully saturated rings. The lowest BCUT2D eigenvalue weighted by molar-refractivity contribution is -0.139. The van der Waals surface area contributed by atoms with E-state index < -0.39 is 52.5 Å². The maximum Gasteiger partial charge on any atom is 0.335 e. The van der Waals surface area contributed by atoms with Gasteiger partial charge in [0.15, 0.2) is 0 Å². The first-order valence-corrected chi connectivity index (χ1v) is 16.5. The van der Waals surface area contributed by atoms with E-state index in [4.69, 9.17) is 0 Å². The van der Waals surface area contributed by atoms with Gasteiger partial charge in [-0.05, 0) is 66.9 Å². The standard InChI is InChI=1S/C33H36F3N5O5.2C2H6/c1-7-27(33(3,35)36)37-20-14-18(2)28(24(34)16-20)29(42)38-25(31(44)45)15-19-8-10-21(11-9-19)41-30(43)23-17-22(39(4)5)12-13-26(23)40(6)32(41)46;2*1-2/h8-14,16-17,25,27,37H,7,15H2,1-6H3,(H,38,42)(H,44,45);2*1-2H3/t25-,27+;;/m0../s1. The number of fused-ring (bicyclic) bond motifs is 1. The number of rotatable bonds is 11. The summed E-state index contributed by atoms with van der Waals surface area (Å²) < 4.78 is 45.1. The van der Waals surface area contributed by atoms with Gasteiger partial charge in [-0.25, -0.2) is 27.3 Å². The number of aliphatic carboxylic acids is 1. The number of hydrogen-bond donors (Lipinski definition) is 3. The summed E-state index contributed by atoms with van der Waals surface area (Å²) in [6, 6.07) is 10.8. The summed E-state index contributed by atoms with van der Waals surface area (Å²) in [5.74, 6) is -6.43. The van der Waals surface area contributed by atoms with Crippen LogP contribution in [0.4, 0.5) is 24.5 Å². The Hall–Kier alpha value is -5.07. The fraction of sp³-hybridized carbons (Fsp3) is 0.405. The van der Waals surface area contributed by atoms with Gasteiger partial charge in [-0.3, -0.25) is 14.2 Å². The molecule has 0 aliphatic carbocycles. The van der Waals surface area contributed by atoms with E-state index in [-0.39, 0.29) is 29.8 Å². The molecule has 0 radical (unpaired) electrons. The van der Waals surface area contributed by atoms with Gasteiger partial charge in [0.25, 0.3) is 17.4 Å². The van der Waals surface area contributed by atoms with Crippen LogP contribution in [0.5, 0.6) is 0 Å². The molecule has 3 N–H and O–H groups in total. The summed E-state index contributed by atoms with van der Waals surface area (Å²) in [7, 11) is 5.23. The lowest BCUT2D eigenvalue weighted by Gasteiger charge is -2.25. The first kappa shape index (κ1) is 41.1. The third-order valence-electron chi connectivity index (χ3n) is 7.88. The maximum atomic E-state index is 15.1. The monoisotopic (exact) mass is 699 g/mol. The van der Waals surface area contributed by atoms with Crippen molar-refractivity contribution in [3.8, 4) is 5.69 Å². The van der Waals surface area contributed by atoms with Gasteiger partial charge in [0, 0.05) is 45.9 Å². The zero-order valence-corrected chi connectivity index (χ0v) is 30.3. The summed E-state index contributed by atoms with van der Waals surface area (Å²) >= 11 is 0. The van der Waals surface area contributed by atoms with Crippen LogP contribution < -0.4 is 26.8 Å². The van der Waals surface area contributed by atoms with E-state index in [1.54, 1.807) is 32.2 Å². The van der Waals surface area contributed by atoms with Crippen molar-refractivity contribution in [2.24, 2.45) is 7.05 Å². The largest absolute Gasteiger partial charge is 0.480 e. The van der Waals surface area contributed by atoms with E-state index in [2.05, 4.69) is 10.6 Å². The number of carboxylic acid groups (broad SMARTS) is 1. The molecule has 4 aromatic rings. The fourth-order valence-electron chi connectivity index (χ4n) is 5.30. The number of carbonyl (C=O) groups is 2. The highest BCUT2D eigenvalue weighted by atomic mass is 19.3. The van der Waals surface area contributed by atoms with Crippen LogP contribution in [0.15, 0.2) is 64.2 Å². The minimum Gasteiger partial charge on any atom is -0.480 e. The van der Waals surface area contributed by atoms with E-state index >= 15 is 4.39 Å². The van der Waals surface area contributed by atoms with Crippen molar-refractivity contribution >= 4 is 34.2 Å². The number of anilines is 2. The van der Waals surface area contributed by atoms with Gasteiger partial charge in [-0.2, -0.15) is 0 Å². The van der Waals surface area contributed by atoms with Crippen LogP contribution in [0.3, 0.4) is 0 Å². The molecule has 13 heteroatoms. The molecule has 1 heterocycles. The molecule has 272 valence electrons. The van der Waals surface area contributed by atoms with Crippen molar-refractivity contribution < 1.29 is 27.9 Å². The summed E-state index contributed by atoms with van der Waals surface area (Å²) in [5, 5.41) is 15.1. The van der Waals surface area contributed by atoms with Crippen LogP contribution >= 0.6 is 0 Å². The van der Waals surface area contributed by atoms with Gasteiger partial charge in [0.2, 0.25) is 0 Å². The predicted octanol–water partition coefficient (Wildman–Crippen LogP) is 6.53. The van der Waals surface area contributed by atoms with Crippen molar-refractivity contribution in [2.75, 3.05) is 24.3 Å². The lowest BCUT2D eigenvalue weighted by Crippen LogP contribution is -2.43. The molecule has 0 unspecified atom stereocenters. The van der Waals surface area contributed by atoms with E-state index in [0.717, 1.165) is 23.2 Å². The Bertz CT molecular complexity index is 1890. The zero-order valence-electron chi connectivity index (χ0n) is 30.3. The SMILES string of the molecule is CC.CC.CC[C@@H](Nc1cc(C)c(C(=O)N[C@@H](Cc2ccc(-n3c(=O)c4cc(N(C)C)ccc4n(C)c3=O)cc2)C(=O)O)c(F)c1)C(C)(F)F. The number of aromatic nitrogens is 2. The van der Waals surface area contributed by atoms with Gasteiger partial charge >= 0.3 is 11.7 Å². The maximum absolute atomic E-state index is 15.1. The zero-order chi connectivity index (χ0) is 38.1. The fourth-order valence-corrected chi connectivity index (χ4v) is 5.30. The van der Waals surface area contributed by atoms with Gasteiger partial charge in [-0.1, -0.05) is 46.8 Å². The molecule has 0 aliphatic heterocycles. The average Bonchev–Trinajstić information content (AvgIpc) is 3.07. The number of carbonyl (C=O) groups excluding carboxylic acids is 1. The van der Waals surface area contributed by atoms with E-state index in [9.17, 15) is 33.1 Å². The van der Waals surface area contributed by atoms with Crippen molar-refractivity contribution in [3.05, 3.63) is 97.9 Å². The van der Waals surface area contributed by atoms with Gasteiger partial charge in [0.1, 0.15) is 11.9 Å². The molecule has 2 atom stereocenters. The number of alkyl halides is 2. The molecule has 0 spiro atoms. The van der Waals surface area contributed by atoms with Crippen LogP contribution in [-0.4, -0.2) is 58.2 Å². The second-order valence-electron chi connectivity index (χ2n) is 11.5. The highest BCUT2D eigenvalue weighted by Gasteiger charge is 2.33. The second kappa shape index (κ2) is 17.5. The molecule has 4 rings (SSSR count). The van der Waals surface area contributed by atoms with Crippen LogP contribution in [0.2, 0.25) is 0 Å². The highest BCUT2D eigenvalue weighted by molar-refractivity contribution is 5.98. The van der Waals surface area contributed by atoms with Crippen LogP contribution in [0.25, 0.3) is 16.6 Å². The molecule has 3 aromatic carbocycles. The molecule has 0 bridgehead atoms. The minimum atomic E-state index is -3.07. The number of benzene rings is 3. The number of nitrogens with one attached hydrogen (secondary N) is 2. The van der Waals surface area contributed by atoms with E-state index in [0.29, 0.717) is 16.5 Å². The Morgan fingerprint density at radius 1 is 0.980 bits per heavy atom. The van der Waals surface area contributed by atoms with E-state index in [1.807, 2.05) is 46.7 Å². The number of carboxylic acids is 1. The third-order valence-corrected chi connectivity index (χ3v) is 7.88. The Morgan fingerprint density at radius 3 is 2.08 bits per heavy atom. The Balaban J connectivity index is 0.00000209. The molecular weight excluding hydrogens is 651 g/mol. The molecule has 0 saturated heterocycles. The van der Waals surface area contributed by atoms with Crippen LogP contribution in [-0.2, 0) is 18.3 Å². The molecule has 10 nitrogen and oxygen atoms in total. The molecule has 1 amide bonds. The number of hydrogen-bond acceptors (Lipinski definition) is 6. The van der Waals surface area contributed by atoms with E-state index in [1.165, 1.54) is 41.8 Å². The normalized spacial score (nSPS) is 12.1. The smallest absolute Gasteiger partial charge is 0.335 e. The van der Waals surface area contributed by atoms with Gasteiger partial charge in [0.05, 0.1) is 28.2 Å². The average molecular weight is 700 g/mol. The summed E-state index contributed by atoms with van der Waals surface area (Å²) in [6.07, 6.45) is -0.122. The molecule has 1 aromatic heterocycles. The van der Waals surface area contributed by atoms with Crippen molar-refractivity contribution in [3.63, 3.8) is 0 Å². The first-order chi connectivity index (χ1) is 23.5. The highest BCUT2D eigenvalue weighted by Crippen LogP contribution is 2.27. The molecular formula is C37H48F3N5O5. The summed E-state index contributed by atoms with van der Waals surface area (Å²) in [6.45, 7) is 11.7. The Kier molecular flexibility index (Phi) is 14.4. The van der Waals surface area contributed by atoms with Crippen LogP contribution in [0, 0.1) is 12.7 Å². The predicted molar refractivity (Wildman–Crippen MR) is 194 cm³/mol. The molecule has 0 aliphatic rings. The minimum absolute atomic E-state index is 0.0632. The summed E-state index contributed by atoms with van der Waals surface area (Å²) in [5.41, 5.74) is 0.672. The van der Waals surface area contributed by atoms with Crippen molar-refractivity contribution in [1.82, 2.24) is 14.5 Å². The first-order valence-electron chi connectivity index (χ1n) is 16.5. The third kappa shape index (κ3) is 9.33. The molecule has 50 heavy (non-hydrogen) atoms. The van der Waals surface area contributed by atoms with Crippen LogP contribution in [0.1, 0.15) is 69.4 Å². The van der Waals surface area contributed by atoms with Gasteiger partial charge in [-0.15, -0.1) is 0 Å². The quantitative estimate of drug-likeness (QED) is 0.163. The topological polar surface area (TPSA) is 126 Å². The lowest BCUT2D eigenvalue weighted by atomic mass is 10.0. The number of aryl methyl sites for hydroxylation is 2. The summed E-state index contributed by atoms with van der Waals surface area (Å²) in [4.78, 5) is 53.5. The second-order valence-corrected chi connectivity index (χ2v) is 11.5. The number of halogens is 3. The van der Waals surface area contributed by atoms with Gasteiger partial charge < -0.3 is 20.6 Å². The van der Waals surface area contributed by atoms with Crippen molar-refractivity contribution in [2.45, 2.75) is 79.3 Å². The Morgan fingerprint density at radius 2 is 1.58 bits per heavy atom. The number of nitrogens with zero attached hydrogens (tertiary/aromatic N) is 3.